The Balaban J connectivity index is 2.25. The average Bonchev–Trinajstić information content (AvgIpc) is 2.83. The van der Waals surface area contributed by atoms with Gasteiger partial charge < -0.3 is 9.26 Å². The monoisotopic (exact) mass is 416 g/mol. The van der Waals surface area contributed by atoms with Crippen LogP contribution in [0.15, 0.2) is 32.1 Å². The number of aryl methyl sites for hydroxylation is 2. The van der Waals surface area contributed by atoms with E-state index in [1.54, 1.807) is 13.8 Å². The predicted molar refractivity (Wildman–Crippen MR) is 90.1 cm³/mol. The lowest BCUT2D eigenvalue weighted by Gasteiger charge is -2.13. The molecule has 9 heteroatoms. The maximum absolute atomic E-state index is 12.3. The molecule has 0 N–H and O–H groups in total. The van der Waals surface area contributed by atoms with Crippen molar-refractivity contribution in [2.75, 3.05) is 14.1 Å². The first-order chi connectivity index (χ1) is 11.1. The fourth-order valence-corrected chi connectivity index (χ4v) is 3.80. The largest absolute Gasteiger partial charge is 0.457 e. The lowest BCUT2D eigenvalue weighted by Crippen LogP contribution is -2.23. The second-order valence-corrected chi connectivity index (χ2v) is 8.29. The van der Waals surface area contributed by atoms with Gasteiger partial charge in [-0.05, 0) is 48.0 Å². The highest BCUT2D eigenvalue weighted by Gasteiger charge is 2.23. The molecule has 0 saturated carbocycles. The number of aromatic nitrogens is 1. The molecule has 0 radical (unpaired) electrons. The Labute approximate surface area is 148 Å². The third-order valence-corrected chi connectivity index (χ3v) is 6.26. The highest BCUT2D eigenvalue weighted by Crippen LogP contribution is 2.26. The van der Waals surface area contributed by atoms with Gasteiger partial charge in [-0.1, -0.05) is 5.16 Å². The van der Waals surface area contributed by atoms with Crippen LogP contribution in [0.5, 0.6) is 0 Å². The van der Waals surface area contributed by atoms with Gasteiger partial charge in [0.1, 0.15) is 12.4 Å². The van der Waals surface area contributed by atoms with Crippen molar-refractivity contribution in [3.63, 3.8) is 0 Å². The Morgan fingerprint density at radius 2 is 2.00 bits per heavy atom. The van der Waals surface area contributed by atoms with Crippen LogP contribution in [-0.2, 0) is 21.4 Å². The number of benzene rings is 1. The van der Waals surface area contributed by atoms with E-state index in [-0.39, 0.29) is 17.1 Å². The van der Waals surface area contributed by atoms with E-state index in [2.05, 4.69) is 21.1 Å². The fourth-order valence-electron chi connectivity index (χ4n) is 1.95. The van der Waals surface area contributed by atoms with Gasteiger partial charge in [-0.2, -0.15) is 0 Å². The van der Waals surface area contributed by atoms with Crippen molar-refractivity contribution >= 4 is 31.9 Å². The SMILES string of the molecule is Cc1noc(C)c1COC(=O)c1ccc(Br)c(S(=O)(=O)N(C)C)c1. The molecule has 0 aliphatic carbocycles. The zero-order valence-corrected chi connectivity index (χ0v) is 16.1. The third-order valence-electron chi connectivity index (χ3n) is 3.45. The van der Waals surface area contributed by atoms with Crippen LogP contribution in [0.4, 0.5) is 0 Å². The van der Waals surface area contributed by atoms with E-state index in [1.165, 1.54) is 32.3 Å². The normalized spacial score (nSPS) is 11.8. The smallest absolute Gasteiger partial charge is 0.338 e. The number of hydrogen-bond donors (Lipinski definition) is 0. The van der Waals surface area contributed by atoms with E-state index in [9.17, 15) is 13.2 Å². The Morgan fingerprint density at radius 3 is 2.54 bits per heavy atom. The Kier molecular flexibility index (Phi) is 5.46. The van der Waals surface area contributed by atoms with Gasteiger partial charge in [0.05, 0.1) is 21.7 Å². The molecule has 0 spiro atoms. The van der Waals surface area contributed by atoms with Crippen LogP contribution in [0.25, 0.3) is 0 Å². The van der Waals surface area contributed by atoms with Gasteiger partial charge >= 0.3 is 5.97 Å². The third kappa shape index (κ3) is 3.68. The Hall–Kier alpha value is -1.71. The van der Waals surface area contributed by atoms with Gasteiger partial charge in [0.25, 0.3) is 0 Å². The summed E-state index contributed by atoms with van der Waals surface area (Å²) in [5.74, 6) is -0.0512. The van der Waals surface area contributed by atoms with Crippen LogP contribution >= 0.6 is 15.9 Å². The number of nitrogens with zero attached hydrogens (tertiary/aromatic N) is 2. The van der Waals surface area contributed by atoms with E-state index >= 15 is 0 Å². The average molecular weight is 417 g/mol. The van der Waals surface area contributed by atoms with Gasteiger partial charge in [-0.15, -0.1) is 0 Å². The summed E-state index contributed by atoms with van der Waals surface area (Å²) in [6.07, 6.45) is 0. The number of carbonyl (C=O) groups excluding carboxylic acids is 1. The number of ether oxygens (including phenoxy) is 1. The van der Waals surface area contributed by atoms with E-state index < -0.39 is 16.0 Å². The highest BCUT2D eigenvalue weighted by molar-refractivity contribution is 9.10. The van der Waals surface area contributed by atoms with Gasteiger partial charge in [-0.3, -0.25) is 0 Å². The molecule has 24 heavy (non-hydrogen) atoms. The second kappa shape index (κ2) is 7.04. The first-order valence-electron chi connectivity index (χ1n) is 6.95. The van der Waals surface area contributed by atoms with Gasteiger partial charge in [0, 0.05) is 18.6 Å². The molecule has 2 aromatic rings. The minimum atomic E-state index is -3.68. The predicted octanol–water partition coefficient (Wildman–Crippen LogP) is 2.66. The quantitative estimate of drug-likeness (QED) is 0.695. The van der Waals surface area contributed by atoms with Crippen LogP contribution in [0.2, 0.25) is 0 Å². The standard InChI is InChI=1S/C15H17BrN2O5S/c1-9-12(10(2)23-17-9)8-22-15(19)11-5-6-13(16)14(7-11)24(20,21)18(3)4/h5-7H,8H2,1-4H3. The molecule has 1 aromatic heterocycles. The summed E-state index contributed by atoms with van der Waals surface area (Å²) in [5.41, 5.74) is 1.49. The Bertz CT molecular complexity index is 854. The van der Waals surface area contributed by atoms with Gasteiger partial charge in [-0.25, -0.2) is 17.5 Å². The maximum atomic E-state index is 12.3. The summed E-state index contributed by atoms with van der Waals surface area (Å²) < 4.78 is 36.3. The second-order valence-electron chi connectivity index (χ2n) is 5.31. The minimum Gasteiger partial charge on any atom is -0.457 e. The summed E-state index contributed by atoms with van der Waals surface area (Å²) in [4.78, 5) is 12.2. The molecular formula is C15H17BrN2O5S. The van der Waals surface area contributed by atoms with Crippen molar-refractivity contribution in [3.8, 4) is 0 Å². The van der Waals surface area contributed by atoms with Crippen molar-refractivity contribution in [1.82, 2.24) is 9.46 Å². The topological polar surface area (TPSA) is 89.7 Å². The summed E-state index contributed by atoms with van der Waals surface area (Å²) in [6, 6.07) is 4.28. The Morgan fingerprint density at radius 1 is 1.33 bits per heavy atom. The van der Waals surface area contributed by atoms with Crippen molar-refractivity contribution in [2.45, 2.75) is 25.3 Å². The zero-order valence-electron chi connectivity index (χ0n) is 13.7. The van der Waals surface area contributed by atoms with Crippen molar-refractivity contribution in [1.29, 1.82) is 0 Å². The van der Waals surface area contributed by atoms with Crippen molar-refractivity contribution < 1.29 is 22.5 Å². The van der Waals surface area contributed by atoms with Gasteiger partial charge in [0.2, 0.25) is 10.0 Å². The highest BCUT2D eigenvalue weighted by atomic mass is 79.9. The van der Waals surface area contributed by atoms with Crippen LogP contribution in [-0.4, -0.2) is 37.9 Å². The van der Waals surface area contributed by atoms with E-state index in [4.69, 9.17) is 9.26 Å². The number of hydrogen-bond acceptors (Lipinski definition) is 6. The molecule has 1 aromatic carbocycles. The van der Waals surface area contributed by atoms with Crippen molar-refractivity contribution in [3.05, 3.63) is 45.3 Å². The molecule has 0 aliphatic heterocycles. The molecule has 2 rings (SSSR count). The summed E-state index contributed by atoms with van der Waals surface area (Å²) in [5, 5.41) is 3.79. The molecule has 130 valence electrons. The van der Waals surface area contributed by atoms with Crippen LogP contribution in [0.1, 0.15) is 27.4 Å². The van der Waals surface area contributed by atoms with Crippen molar-refractivity contribution in [2.24, 2.45) is 0 Å². The molecule has 0 fully saturated rings. The first-order valence-corrected chi connectivity index (χ1v) is 9.19. The number of esters is 1. The number of carbonyl (C=O) groups is 1. The van der Waals surface area contributed by atoms with E-state index in [1.807, 2.05) is 0 Å². The molecule has 0 unspecified atom stereocenters. The molecule has 0 atom stereocenters. The number of halogens is 1. The van der Waals surface area contributed by atoms with Crippen LogP contribution in [0.3, 0.4) is 0 Å². The lowest BCUT2D eigenvalue weighted by molar-refractivity contribution is 0.0470. The summed E-state index contributed by atoms with van der Waals surface area (Å²) >= 11 is 3.19. The zero-order chi connectivity index (χ0) is 18.1. The van der Waals surface area contributed by atoms with E-state index in [0.29, 0.717) is 21.5 Å². The van der Waals surface area contributed by atoms with Crippen LogP contribution < -0.4 is 0 Å². The molecule has 7 nitrogen and oxygen atoms in total. The number of sulfonamides is 1. The van der Waals surface area contributed by atoms with Crippen LogP contribution in [0, 0.1) is 13.8 Å². The first kappa shape index (κ1) is 18.6. The summed E-state index contributed by atoms with van der Waals surface area (Å²) in [7, 11) is -0.840. The fraction of sp³-hybridized carbons (Fsp3) is 0.333. The lowest BCUT2D eigenvalue weighted by atomic mass is 10.2. The molecular weight excluding hydrogens is 400 g/mol. The molecule has 1 heterocycles. The molecule has 0 aliphatic rings. The molecule has 0 amide bonds. The maximum Gasteiger partial charge on any atom is 0.338 e. The number of rotatable bonds is 5. The molecule has 0 saturated heterocycles. The molecule has 0 bridgehead atoms. The minimum absolute atomic E-state index is 0.000658. The summed E-state index contributed by atoms with van der Waals surface area (Å²) in [6.45, 7) is 3.48. The van der Waals surface area contributed by atoms with E-state index in [0.717, 1.165) is 4.31 Å². The van der Waals surface area contributed by atoms with Gasteiger partial charge in [0.15, 0.2) is 0 Å².